The molecule has 0 spiro atoms. The molecule has 23 heavy (non-hydrogen) atoms. The van der Waals surface area contributed by atoms with Crippen LogP contribution in [0.5, 0.6) is 5.75 Å². The number of carbonyl (C=O) groups excluding carboxylic acids is 1. The third-order valence-corrected chi connectivity index (χ3v) is 3.28. The maximum atomic E-state index is 11.9. The van der Waals surface area contributed by atoms with Crippen molar-refractivity contribution >= 4 is 17.8 Å². The quantitative estimate of drug-likeness (QED) is 0.657. The Hall–Kier alpha value is -2.82. The molecule has 0 bridgehead atoms. The third kappa shape index (κ3) is 4.85. The zero-order chi connectivity index (χ0) is 16.7. The monoisotopic (exact) mass is 312 g/mol. The van der Waals surface area contributed by atoms with E-state index in [4.69, 9.17) is 9.57 Å². The Bertz CT molecular complexity index is 711. The number of amides is 1. The molecule has 2 rings (SSSR count). The fourth-order valence-corrected chi connectivity index (χ4v) is 2.03. The van der Waals surface area contributed by atoms with E-state index in [1.165, 1.54) is 0 Å². The second-order valence-corrected chi connectivity index (χ2v) is 5.12. The van der Waals surface area contributed by atoms with E-state index in [-0.39, 0.29) is 12.5 Å². The number of carbonyl (C=O) groups is 1. The summed E-state index contributed by atoms with van der Waals surface area (Å²) in [5.41, 5.74) is 3.69. The van der Waals surface area contributed by atoms with Crippen molar-refractivity contribution in [3.8, 4) is 5.75 Å². The van der Waals surface area contributed by atoms with Crippen LogP contribution in [0.15, 0.2) is 47.6 Å². The van der Waals surface area contributed by atoms with Crippen LogP contribution in [-0.2, 0) is 9.63 Å². The number of hydrogen-bond donors (Lipinski definition) is 1. The van der Waals surface area contributed by atoms with Gasteiger partial charge in [0, 0.05) is 0 Å². The summed E-state index contributed by atoms with van der Waals surface area (Å²) in [5.74, 6) is 0.309. The zero-order valence-electron chi connectivity index (χ0n) is 13.5. The average molecular weight is 312 g/mol. The molecule has 0 atom stereocenters. The SMILES string of the molecule is COc1ccc(C)cc1NC(=O)CO/N=C\c1ccccc1C. The first-order valence-electron chi connectivity index (χ1n) is 7.25. The van der Waals surface area contributed by atoms with Gasteiger partial charge in [-0.15, -0.1) is 0 Å². The fraction of sp³-hybridized carbons (Fsp3) is 0.222. The third-order valence-electron chi connectivity index (χ3n) is 3.28. The highest BCUT2D eigenvalue weighted by Crippen LogP contribution is 2.24. The first-order valence-corrected chi connectivity index (χ1v) is 7.25. The summed E-state index contributed by atoms with van der Waals surface area (Å²) in [5, 5.41) is 6.58. The predicted molar refractivity (Wildman–Crippen MR) is 91.1 cm³/mol. The first-order chi connectivity index (χ1) is 11.1. The Labute approximate surface area is 135 Å². The van der Waals surface area contributed by atoms with Gasteiger partial charge in [-0.1, -0.05) is 35.5 Å². The minimum absolute atomic E-state index is 0.167. The van der Waals surface area contributed by atoms with Gasteiger partial charge in [-0.05, 0) is 42.7 Å². The Morgan fingerprint density at radius 3 is 2.74 bits per heavy atom. The van der Waals surface area contributed by atoms with Crippen molar-refractivity contribution < 1.29 is 14.4 Å². The highest BCUT2D eigenvalue weighted by molar-refractivity contribution is 5.93. The van der Waals surface area contributed by atoms with Gasteiger partial charge in [0.05, 0.1) is 19.0 Å². The van der Waals surface area contributed by atoms with E-state index in [1.807, 2.05) is 56.3 Å². The van der Waals surface area contributed by atoms with E-state index in [2.05, 4.69) is 10.5 Å². The van der Waals surface area contributed by atoms with Gasteiger partial charge in [0.2, 0.25) is 0 Å². The van der Waals surface area contributed by atoms with Gasteiger partial charge < -0.3 is 14.9 Å². The highest BCUT2D eigenvalue weighted by Gasteiger charge is 2.08. The Balaban J connectivity index is 1.88. The number of nitrogens with zero attached hydrogens (tertiary/aromatic N) is 1. The van der Waals surface area contributed by atoms with E-state index in [0.29, 0.717) is 11.4 Å². The summed E-state index contributed by atoms with van der Waals surface area (Å²) in [6, 6.07) is 13.4. The van der Waals surface area contributed by atoms with E-state index < -0.39 is 0 Å². The van der Waals surface area contributed by atoms with Crippen molar-refractivity contribution in [3.05, 3.63) is 59.2 Å². The van der Waals surface area contributed by atoms with Crippen molar-refractivity contribution in [1.82, 2.24) is 0 Å². The van der Waals surface area contributed by atoms with Crippen LogP contribution in [0.2, 0.25) is 0 Å². The summed E-state index contributed by atoms with van der Waals surface area (Å²) >= 11 is 0. The van der Waals surface area contributed by atoms with E-state index in [9.17, 15) is 4.79 Å². The van der Waals surface area contributed by atoms with Crippen LogP contribution in [0.3, 0.4) is 0 Å². The molecule has 0 unspecified atom stereocenters. The van der Waals surface area contributed by atoms with Gasteiger partial charge in [0.15, 0.2) is 6.61 Å². The molecule has 5 nitrogen and oxygen atoms in total. The van der Waals surface area contributed by atoms with Gasteiger partial charge in [-0.25, -0.2) is 0 Å². The van der Waals surface area contributed by atoms with Crippen LogP contribution in [0.4, 0.5) is 5.69 Å². The van der Waals surface area contributed by atoms with Gasteiger partial charge in [-0.3, -0.25) is 4.79 Å². The minimum Gasteiger partial charge on any atom is -0.495 e. The number of rotatable bonds is 6. The van der Waals surface area contributed by atoms with Gasteiger partial charge in [0.1, 0.15) is 5.75 Å². The van der Waals surface area contributed by atoms with Crippen LogP contribution in [0.25, 0.3) is 0 Å². The van der Waals surface area contributed by atoms with Gasteiger partial charge >= 0.3 is 0 Å². The number of nitrogens with one attached hydrogen (secondary N) is 1. The van der Waals surface area contributed by atoms with Crippen molar-refractivity contribution in [3.63, 3.8) is 0 Å². The molecular weight excluding hydrogens is 292 g/mol. The molecule has 0 saturated heterocycles. The molecule has 2 aromatic rings. The van der Waals surface area contributed by atoms with Crippen LogP contribution >= 0.6 is 0 Å². The Morgan fingerprint density at radius 1 is 1.22 bits per heavy atom. The number of aryl methyl sites for hydroxylation is 2. The number of anilines is 1. The van der Waals surface area contributed by atoms with Crippen LogP contribution < -0.4 is 10.1 Å². The minimum atomic E-state index is -0.296. The summed E-state index contributed by atoms with van der Waals surface area (Å²) in [4.78, 5) is 17.0. The number of hydrogen-bond acceptors (Lipinski definition) is 4. The van der Waals surface area contributed by atoms with Gasteiger partial charge in [0.25, 0.3) is 5.91 Å². The maximum absolute atomic E-state index is 11.9. The molecule has 0 aliphatic carbocycles. The lowest BCUT2D eigenvalue weighted by Crippen LogP contribution is -2.17. The molecule has 5 heteroatoms. The Kier molecular flexibility index (Phi) is 5.74. The van der Waals surface area contributed by atoms with Crippen LogP contribution in [-0.4, -0.2) is 25.8 Å². The fourth-order valence-electron chi connectivity index (χ4n) is 2.03. The lowest BCUT2D eigenvalue weighted by atomic mass is 10.1. The molecule has 0 aliphatic rings. The lowest BCUT2D eigenvalue weighted by Gasteiger charge is -2.10. The number of benzene rings is 2. The zero-order valence-corrected chi connectivity index (χ0v) is 13.5. The van der Waals surface area contributed by atoms with E-state index in [0.717, 1.165) is 16.7 Å². The summed E-state index contributed by atoms with van der Waals surface area (Å²) in [6.07, 6.45) is 1.59. The second kappa shape index (κ2) is 7.98. The Morgan fingerprint density at radius 2 is 2.00 bits per heavy atom. The van der Waals surface area contributed by atoms with Crippen LogP contribution in [0, 0.1) is 13.8 Å². The highest BCUT2D eigenvalue weighted by atomic mass is 16.6. The first kappa shape index (κ1) is 16.5. The smallest absolute Gasteiger partial charge is 0.265 e. The van der Waals surface area contributed by atoms with Crippen molar-refractivity contribution in [1.29, 1.82) is 0 Å². The molecule has 120 valence electrons. The maximum Gasteiger partial charge on any atom is 0.265 e. The number of methoxy groups -OCH3 is 1. The number of oxime groups is 1. The largest absolute Gasteiger partial charge is 0.495 e. The van der Waals surface area contributed by atoms with Gasteiger partial charge in [-0.2, -0.15) is 0 Å². The molecule has 2 aromatic carbocycles. The number of ether oxygens (including phenoxy) is 1. The van der Waals surface area contributed by atoms with Crippen LogP contribution in [0.1, 0.15) is 16.7 Å². The normalized spacial score (nSPS) is 10.6. The molecule has 0 aromatic heterocycles. The topological polar surface area (TPSA) is 59.9 Å². The molecule has 0 heterocycles. The standard InChI is InChI=1S/C18H20N2O3/c1-13-8-9-17(22-3)16(10-13)20-18(21)12-23-19-11-15-7-5-4-6-14(15)2/h4-11H,12H2,1-3H3,(H,20,21)/b19-11-. The average Bonchev–Trinajstić information content (AvgIpc) is 2.53. The lowest BCUT2D eigenvalue weighted by molar-refractivity contribution is -0.120. The summed E-state index contributed by atoms with van der Waals surface area (Å²) in [6.45, 7) is 3.76. The molecule has 0 saturated carbocycles. The van der Waals surface area contributed by atoms with E-state index >= 15 is 0 Å². The van der Waals surface area contributed by atoms with Crippen molar-refractivity contribution in [2.24, 2.45) is 5.16 Å². The van der Waals surface area contributed by atoms with Crippen molar-refractivity contribution in [2.45, 2.75) is 13.8 Å². The summed E-state index contributed by atoms with van der Waals surface area (Å²) in [7, 11) is 1.56. The second-order valence-electron chi connectivity index (χ2n) is 5.12. The predicted octanol–water partition coefficient (Wildman–Crippen LogP) is 3.30. The summed E-state index contributed by atoms with van der Waals surface area (Å²) < 4.78 is 5.21. The molecule has 1 amide bonds. The van der Waals surface area contributed by atoms with E-state index in [1.54, 1.807) is 13.3 Å². The molecule has 0 aliphatic heterocycles. The van der Waals surface area contributed by atoms with Crippen molar-refractivity contribution in [2.75, 3.05) is 19.0 Å². The molecular formula is C18H20N2O3. The molecule has 0 fully saturated rings. The molecule has 0 radical (unpaired) electrons. The molecule has 1 N–H and O–H groups in total.